The molecule has 1 aromatic rings. The maximum absolute atomic E-state index is 11.6. The van der Waals surface area contributed by atoms with E-state index < -0.39 is 8.07 Å². The molecule has 0 radical (unpaired) electrons. The summed E-state index contributed by atoms with van der Waals surface area (Å²) in [6, 6.07) is 7.86. The number of carbonyl (C=O) groups excluding carboxylic acids is 1. The predicted octanol–water partition coefficient (Wildman–Crippen LogP) is 2.73. The highest BCUT2D eigenvalue weighted by atomic mass is 28.3. The number of carbonyl (C=O) groups is 1. The Morgan fingerprint density at radius 1 is 1.24 bits per heavy atom. The fraction of sp³-hybridized carbons (Fsp3) is 0.462. The summed E-state index contributed by atoms with van der Waals surface area (Å²) in [6.07, 6.45) is -0.384. The van der Waals surface area contributed by atoms with Crippen molar-refractivity contribution < 1.29 is 9.53 Å². The minimum absolute atomic E-state index is 0.0848. The molecule has 0 saturated heterocycles. The lowest BCUT2D eigenvalue weighted by atomic mass is 10.3. The third-order valence-electron chi connectivity index (χ3n) is 2.30. The number of ether oxygens (including phenoxy) is 1. The summed E-state index contributed by atoms with van der Waals surface area (Å²) < 4.78 is 5.37. The van der Waals surface area contributed by atoms with Gasteiger partial charge in [0.05, 0.1) is 8.07 Å². The van der Waals surface area contributed by atoms with Crippen molar-refractivity contribution >= 4 is 19.4 Å². The summed E-state index contributed by atoms with van der Waals surface area (Å²) in [6.45, 7) is 10.5. The van der Waals surface area contributed by atoms with Gasteiger partial charge in [0.1, 0.15) is 5.75 Å². The Hall–Kier alpha value is -1.29. The summed E-state index contributed by atoms with van der Waals surface area (Å²) in [5, 5.41) is 3.89. The zero-order valence-corrected chi connectivity index (χ0v) is 12.2. The quantitative estimate of drug-likeness (QED) is 0.839. The van der Waals surface area contributed by atoms with Crippen LogP contribution >= 0.6 is 0 Å². The predicted molar refractivity (Wildman–Crippen MR) is 73.7 cm³/mol. The average molecular weight is 251 g/mol. The number of hydrogen-bond donors (Lipinski definition) is 1. The Kier molecular flexibility index (Phi) is 4.34. The van der Waals surface area contributed by atoms with Crippen molar-refractivity contribution in [1.29, 1.82) is 0 Å². The topological polar surface area (TPSA) is 38.3 Å². The maximum Gasteiger partial charge on any atom is 0.412 e. The smallest absolute Gasteiger partial charge is 0.410 e. The summed E-state index contributed by atoms with van der Waals surface area (Å²) in [5.74, 6) is 0.685. The molecule has 1 rings (SSSR count). The average Bonchev–Trinajstić information content (AvgIpc) is 2.15. The van der Waals surface area contributed by atoms with E-state index in [-0.39, 0.29) is 12.1 Å². The first-order valence-corrected chi connectivity index (χ1v) is 9.38. The van der Waals surface area contributed by atoms with Gasteiger partial charge in [-0.2, -0.15) is 0 Å². The van der Waals surface area contributed by atoms with Crippen molar-refractivity contribution in [3.63, 3.8) is 0 Å². The van der Waals surface area contributed by atoms with E-state index in [0.717, 1.165) is 0 Å². The van der Waals surface area contributed by atoms with Crippen LogP contribution in [0.2, 0.25) is 19.6 Å². The fourth-order valence-corrected chi connectivity index (χ4v) is 3.01. The normalized spacial score (nSPS) is 11.4. The largest absolute Gasteiger partial charge is 0.412 e. The van der Waals surface area contributed by atoms with Gasteiger partial charge < -0.3 is 10.1 Å². The molecule has 1 N–H and O–H groups in total. The second kappa shape index (κ2) is 5.36. The molecule has 3 nitrogen and oxygen atoms in total. The maximum atomic E-state index is 11.6. The standard InChI is InChI=1S/C13H21NO2Si/c1-10(2)14-13(15)16-11-8-6-7-9-12(11)17(3,4)5/h6-10H,1-5H3,(H,14,15). The second-order valence-electron chi connectivity index (χ2n) is 5.43. The van der Waals surface area contributed by atoms with Crippen LogP contribution in [-0.2, 0) is 0 Å². The van der Waals surface area contributed by atoms with Gasteiger partial charge in [-0.1, -0.05) is 37.8 Å². The lowest BCUT2D eigenvalue weighted by Gasteiger charge is -2.20. The minimum atomic E-state index is -1.49. The number of nitrogens with one attached hydrogen (secondary N) is 1. The molecule has 1 aromatic carbocycles. The van der Waals surface area contributed by atoms with Gasteiger partial charge in [0.2, 0.25) is 0 Å². The van der Waals surface area contributed by atoms with E-state index in [1.807, 2.05) is 38.1 Å². The fourth-order valence-electron chi connectivity index (χ4n) is 1.54. The molecule has 0 saturated carbocycles. The lowest BCUT2D eigenvalue weighted by Crippen LogP contribution is -2.40. The Bertz CT molecular complexity index is 397. The molecule has 0 spiro atoms. The Balaban J connectivity index is 2.88. The van der Waals surface area contributed by atoms with E-state index in [1.165, 1.54) is 5.19 Å². The van der Waals surface area contributed by atoms with Gasteiger partial charge in [-0.3, -0.25) is 0 Å². The summed E-state index contributed by atoms with van der Waals surface area (Å²) in [7, 11) is -1.49. The SMILES string of the molecule is CC(C)NC(=O)Oc1ccccc1[Si](C)(C)C. The summed E-state index contributed by atoms with van der Waals surface area (Å²) in [4.78, 5) is 11.6. The Morgan fingerprint density at radius 3 is 2.35 bits per heavy atom. The molecule has 0 aliphatic carbocycles. The molecule has 0 fully saturated rings. The van der Waals surface area contributed by atoms with Crippen molar-refractivity contribution in [2.24, 2.45) is 0 Å². The van der Waals surface area contributed by atoms with E-state index in [2.05, 4.69) is 25.0 Å². The molecule has 0 unspecified atom stereocenters. The van der Waals surface area contributed by atoms with E-state index in [9.17, 15) is 4.79 Å². The van der Waals surface area contributed by atoms with Crippen LogP contribution in [0.3, 0.4) is 0 Å². The number of hydrogen-bond acceptors (Lipinski definition) is 2. The first-order chi connectivity index (χ1) is 7.80. The van der Waals surface area contributed by atoms with Crippen LogP contribution in [0.5, 0.6) is 5.75 Å². The molecule has 94 valence electrons. The molecule has 0 heterocycles. The molecular formula is C13H21NO2Si. The van der Waals surface area contributed by atoms with Crippen LogP contribution in [-0.4, -0.2) is 20.2 Å². The van der Waals surface area contributed by atoms with Crippen LogP contribution < -0.4 is 15.2 Å². The highest BCUT2D eigenvalue weighted by Crippen LogP contribution is 2.14. The van der Waals surface area contributed by atoms with Crippen LogP contribution in [0.1, 0.15) is 13.8 Å². The zero-order valence-electron chi connectivity index (χ0n) is 11.2. The molecule has 0 aliphatic rings. The monoisotopic (exact) mass is 251 g/mol. The molecule has 0 atom stereocenters. The van der Waals surface area contributed by atoms with Crippen molar-refractivity contribution in [2.45, 2.75) is 39.5 Å². The van der Waals surface area contributed by atoms with E-state index in [0.29, 0.717) is 5.75 Å². The number of benzene rings is 1. The molecule has 0 aliphatic heterocycles. The van der Waals surface area contributed by atoms with Gasteiger partial charge in [-0.15, -0.1) is 0 Å². The number of para-hydroxylation sites is 1. The van der Waals surface area contributed by atoms with Gasteiger partial charge in [-0.25, -0.2) is 4.79 Å². The van der Waals surface area contributed by atoms with E-state index in [4.69, 9.17) is 4.74 Å². The van der Waals surface area contributed by atoms with Crippen molar-refractivity contribution in [3.8, 4) is 5.75 Å². The van der Waals surface area contributed by atoms with Gasteiger partial charge in [-0.05, 0) is 25.1 Å². The molecule has 0 bridgehead atoms. The van der Waals surface area contributed by atoms with Crippen LogP contribution in [0.25, 0.3) is 0 Å². The van der Waals surface area contributed by atoms with Gasteiger partial charge in [0.25, 0.3) is 0 Å². The third-order valence-corrected chi connectivity index (χ3v) is 4.33. The molecule has 4 heteroatoms. The highest BCUT2D eigenvalue weighted by molar-refractivity contribution is 6.89. The highest BCUT2D eigenvalue weighted by Gasteiger charge is 2.22. The van der Waals surface area contributed by atoms with Gasteiger partial charge in [0, 0.05) is 6.04 Å². The van der Waals surface area contributed by atoms with Crippen LogP contribution in [0.4, 0.5) is 4.79 Å². The van der Waals surface area contributed by atoms with Crippen molar-refractivity contribution in [3.05, 3.63) is 24.3 Å². The van der Waals surface area contributed by atoms with Crippen molar-refractivity contribution in [2.75, 3.05) is 0 Å². The first kappa shape index (κ1) is 13.8. The number of rotatable bonds is 3. The molecule has 17 heavy (non-hydrogen) atoms. The van der Waals surface area contributed by atoms with Crippen LogP contribution in [0, 0.1) is 0 Å². The van der Waals surface area contributed by atoms with Gasteiger partial charge in [0.15, 0.2) is 0 Å². The van der Waals surface area contributed by atoms with Gasteiger partial charge >= 0.3 is 6.09 Å². The molecule has 1 amide bonds. The zero-order chi connectivity index (χ0) is 13.1. The molecule has 0 aromatic heterocycles. The van der Waals surface area contributed by atoms with E-state index in [1.54, 1.807) is 0 Å². The minimum Gasteiger partial charge on any atom is -0.410 e. The molecular weight excluding hydrogens is 230 g/mol. The van der Waals surface area contributed by atoms with Crippen molar-refractivity contribution in [1.82, 2.24) is 5.32 Å². The van der Waals surface area contributed by atoms with E-state index >= 15 is 0 Å². The number of amides is 1. The Morgan fingerprint density at radius 2 is 1.82 bits per heavy atom. The lowest BCUT2D eigenvalue weighted by molar-refractivity contribution is 0.198. The second-order valence-corrected chi connectivity index (χ2v) is 10.5. The third kappa shape index (κ3) is 4.23. The van der Waals surface area contributed by atoms with Crippen LogP contribution in [0.15, 0.2) is 24.3 Å². The summed E-state index contributed by atoms with van der Waals surface area (Å²) >= 11 is 0. The Labute approximate surface area is 104 Å². The summed E-state index contributed by atoms with van der Waals surface area (Å²) in [5.41, 5.74) is 0. The first-order valence-electron chi connectivity index (χ1n) is 5.88.